The molecule has 0 aliphatic rings. The first-order valence-corrected chi connectivity index (χ1v) is 19.5. The highest BCUT2D eigenvalue weighted by Crippen LogP contribution is 2.36. The van der Waals surface area contributed by atoms with Crippen LogP contribution in [0, 0.1) is 32.1 Å². The summed E-state index contributed by atoms with van der Waals surface area (Å²) >= 11 is 0. The van der Waals surface area contributed by atoms with Crippen molar-refractivity contribution >= 4 is 21.9 Å². The molecule has 0 N–H and O–H groups in total. The normalized spacial score (nSPS) is 15.7. The van der Waals surface area contributed by atoms with E-state index < -0.39 is 54.9 Å². The van der Waals surface area contributed by atoms with E-state index in [4.69, 9.17) is 4.42 Å². The molecule has 4 heterocycles. The predicted molar refractivity (Wildman–Crippen MR) is 244 cm³/mol. The molecule has 0 atom stereocenters. The lowest BCUT2D eigenvalue weighted by Gasteiger charge is -2.14. The second-order valence-corrected chi connectivity index (χ2v) is 14.5. The molecule has 9 aromatic rings. The summed E-state index contributed by atoms with van der Waals surface area (Å²) in [5, 5.41) is 11.0. The molecule has 0 aliphatic heterocycles. The third kappa shape index (κ3) is 8.23. The summed E-state index contributed by atoms with van der Waals surface area (Å²) in [4.78, 5) is 13.5. The lowest BCUT2D eigenvalue weighted by Crippen LogP contribution is -2.02. The smallest absolute Gasteiger partial charge is 0.144 e. The van der Waals surface area contributed by atoms with Gasteiger partial charge >= 0.3 is 0 Å². The molecule has 292 valence electrons. The van der Waals surface area contributed by atoms with E-state index in [-0.39, 0.29) is 22.3 Å². The number of hydrogen-bond donors (Lipinski definition) is 0. The number of furan rings is 1. The van der Waals surface area contributed by atoms with Crippen LogP contribution in [0.4, 0.5) is 0 Å². The Morgan fingerprint density at radius 1 is 0.500 bits per heavy atom. The number of aryl methyl sites for hydroxylation is 9. The Bertz CT molecular complexity index is 3480. The molecule has 0 aliphatic carbocycles. The summed E-state index contributed by atoms with van der Waals surface area (Å²) in [6.07, 6.45) is -14.4. The number of fused-ring (bicyclic) bond motifs is 3. The van der Waals surface area contributed by atoms with Crippen LogP contribution in [0.5, 0.6) is 0 Å². The van der Waals surface area contributed by atoms with Crippen molar-refractivity contribution in [2.45, 2.75) is 59.0 Å². The zero-order chi connectivity index (χ0) is 51.8. The van der Waals surface area contributed by atoms with Gasteiger partial charge in [-0.25, -0.2) is 0 Å². The van der Waals surface area contributed by atoms with Crippen LogP contribution >= 0.6 is 0 Å². The summed E-state index contributed by atoms with van der Waals surface area (Å²) in [6, 6.07) is 38.8. The van der Waals surface area contributed by atoms with Gasteiger partial charge in [0.05, 0.1) is 28.7 Å². The van der Waals surface area contributed by atoms with Gasteiger partial charge in [-0.1, -0.05) is 91.0 Å². The van der Waals surface area contributed by atoms with Crippen LogP contribution in [0.25, 0.3) is 55.7 Å². The van der Waals surface area contributed by atoms with E-state index in [9.17, 15) is 21.7 Å². The van der Waals surface area contributed by atoms with Crippen molar-refractivity contribution in [2.24, 2.45) is 0 Å². The standard InChI is InChI=1S/C55H46N4O/c1-36-25-51(43-11-6-4-7-12-43)57-33-45(36)21-17-39-28-40(18-22-46-34-58-52(26-37(46)2)44-13-8-5-9-14-44)30-41(29-39)19-23-47-35-59-53(27-38(47)3)50-16-10-15-49-48-24-20-42(32-56)31-54(48)60-55(49)50/h4-16,20,24-31,33-35H,17-19,21-23H2,1-3H3/i17D2,18D2,19D2,21D2,22D2,23D2. The topological polar surface area (TPSA) is 75.6 Å². The van der Waals surface area contributed by atoms with Gasteiger partial charge < -0.3 is 4.42 Å². The minimum atomic E-state index is -3.13. The molecular formula is C55H46N4O. The van der Waals surface area contributed by atoms with Crippen molar-refractivity contribution in [3.8, 4) is 39.8 Å². The molecule has 0 spiro atoms. The predicted octanol–water partition coefficient (Wildman–Crippen LogP) is 12.9. The molecule has 5 nitrogen and oxygen atoms in total. The van der Waals surface area contributed by atoms with E-state index in [0.29, 0.717) is 50.5 Å². The number of benzene rings is 5. The summed E-state index contributed by atoms with van der Waals surface area (Å²) < 4.78 is 120. The van der Waals surface area contributed by atoms with Crippen molar-refractivity contribution in [1.82, 2.24) is 15.0 Å². The van der Waals surface area contributed by atoms with Crippen LogP contribution in [0.3, 0.4) is 0 Å². The fourth-order valence-corrected chi connectivity index (χ4v) is 7.07. The maximum Gasteiger partial charge on any atom is 0.144 e. The van der Waals surface area contributed by atoms with Gasteiger partial charge in [-0.2, -0.15) is 5.26 Å². The van der Waals surface area contributed by atoms with Gasteiger partial charge in [-0.05, 0) is 152 Å². The first kappa shape index (κ1) is 26.8. The minimum Gasteiger partial charge on any atom is -0.455 e. The molecule has 0 saturated heterocycles. The van der Waals surface area contributed by atoms with Crippen molar-refractivity contribution in [2.75, 3.05) is 0 Å². The number of nitrogens with zero attached hydrogens (tertiary/aromatic N) is 4. The Morgan fingerprint density at radius 2 is 0.983 bits per heavy atom. The fraction of sp³-hybridized carbons (Fsp3) is 0.164. The van der Waals surface area contributed by atoms with Gasteiger partial charge in [0.15, 0.2) is 0 Å². The number of para-hydroxylation sites is 1. The van der Waals surface area contributed by atoms with Crippen LogP contribution in [-0.4, -0.2) is 15.0 Å². The monoisotopic (exact) mass is 790 g/mol. The molecule has 0 unspecified atom stereocenters. The Balaban J connectivity index is 1.16. The molecule has 0 amide bonds. The minimum absolute atomic E-state index is 0.136. The van der Waals surface area contributed by atoms with Gasteiger partial charge in [0.1, 0.15) is 11.2 Å². The Kier molecular flexibility index (Phi) is 7.57. The van der Waals surface area contributed by atoms with Crippen molar-refractivity contribution < 1.29 is 20.9 Å². The zero-order valence-electron chi connectivity index (χ0n) is 45.1. The fourth-order valence-electron chi connectivity index (χ4n) is 7.07. The van der Waals surface area contributed by atoms with E-state index in [1.54, 1.807) is 63.2 Å². The van der Waals surface area contributed by atoms with Gasteiger partial charge in [0.2, 0.25) is 0 Å². The number of hydrogen-bond acceptors (Lipinski definition) is 5. The maximum absolute atomic E-state index is 9.62. The third-order valence-corrected chi connectivity index (χ3v) is 10.3. The second-order valence-electron chi connectivity index (χ2n) is 14.5. The molecule has 5 aromatic carbocycles. The maximum atomic E-state index is 9.62. The Hall–Kier alpha value is -7.16. The van der Waals surface area contributed by atoms with Gasteiger partial charge in [-0.3, -0.25) is 15.0 Å². The van der Waals surface area contributed by atoms with Gasteiger partial charge in [-0.15, -0.1) is 0 Å². The van der Waals surface area contributed by atoms with Crippen molar-refractivity contribution in [3.63, 3.8) is 0 Å². The quantitative estimate of drug-likeness (QED) is 0.123. The first-order valence-electron chi connectivity index (χ1n) is 25.5. The molecule has 60 heavy (non-hydrogen) atoms. The van der Waals surface area contributed by atoms with Crippen LogP contribution in [-0.2, 0) is 38.2 Å². The SMILES string of the molecule is [2H]C([2H])(c1cc(C([2H])([2H])C([2H])([2H])c2cnc(-c3ccccc3)cc2C)cc(C([2H])([2H])C([2H])([2H])c2cnc(-c3cccc4c3oc3cc(C#N)ccc34)cc2C)c1)C([2H])([2H])c1cnc(-c2ccccc2)cc1C. The molecule has 0 bridgehead atoms. The average molecular weight is 791 g/mol. The summed E-state index contributed by atoms with van der Waals surface area (Å²) in [5.74, 6) is 0. The lowest BCUT2D eigenvalue weighted by molar-refractivity contribution is 0.669. The molecule has 4 aromatic heterocycles. The van der Waals surface area contributed by atoms with E-state index in [0.717, 1.165) is 40.1 Å². The molecular weight excluding hydrogens is 733 g/mol. The number of rotatable bonds is 12. The average Bonchev–Trinajstić information content (AvgIpc) is 3.74. The molecule has 0 radical (unpaired) electrons. The molecule has 5 heteroatoms. The zero-order valence-corrected chi connectivity index (χ0v) is 33.1. The Morgan fingerprint density at radius 3 is 1.47 bits per heavy atom. The molecule has 0 saturated carbocycles. The van der Waals surface area contributed by atoms with E-state index in [1.807, 2.05) is 72.8 Å². The summed E-state index contributed by atoms with van der Waals surface area (Å²) in [6.45, 7) is 4.82. The van der Waals surface area contributed by atoms with E-state index in [2.05, 4.69) is 21.0 Å². The number of nitriles is 1. The highest BCUT2D eigenvalue weighted by atomic mass is 16.3. The lowest BCUT2D eigenvalue weighted by atomic mass is 9.93. The number of aromatic nitrogens is 3. The first-order chi connectivity index (χ1) is 33.9. The summed E-state index contributed by atoms with van der Waals surface area (Å²) in [7, 11) is 0. The Labute approximate surface area is 368 Å². The largest absolute Gasteiger partial charge is 0.455 e. The highest BCUT2D eigenvalue weighted by molar-refractivity contribution is 6.09. The van der Waals surface area contributed by atoms with Gasteiger partial charge in [0, 0.05) is 62.5 Å². The van der Waals surface area contributed by atoms with E-state index in [1.165, 1.54) is 18.6 Å². The van der Waals surface area contributed by atoms with Crippen LogP contribution < -0.4 is 0 Å². The van der Waals surface area contributed by atoms with Crippen LogP contribution in [0.2, 0.25) is 0 Å². The van der Waals surface area contributed by atoms with Gasteiger partial charge in [0.25, 0.3) is 0 Å². The third-order valence-electron chi connectivity index (χ3n) is 10.3. The van der Waals surface area contributed by atoms with Crippen molar-refractivity contribution in [1.29, 1.82) is 5.26 Å². The number of pyridine rings is 3. The second kappa shape index (κ2) is 17.0. The molecule has 9 rings (SSSR count). The van der Waals surface area contributed by atoms with E-state index >= 15 is 0 Å². The molecule has 0 fully saturated rings. The summed E-state index contributed by atoms with van der Waals surface area (Å²) in [5.41, 5.74) is 3.70. The van der Waals surface area contributed by atoms with Crippen LogP contribution in [0.15, 0.2) is 156 Å². The van der Waals surface area contributed by atoms with Crippen LogP contribution in [0.1, 0.15) is 72.1 Å². The highest BCUT2D eigenvalue weighted by Gasteiger charge is 2.15. The van der Waals surface area contributed by atoms with Crippen molar-refractivity contribution in [3.05, 3.63) is 208 Å².